The quantitative estimate of drug-likeness (QED) is 0.359. The molecule has 4 aromatic rings. The van der Waals surface area contributed by atoms with E-state index in [1.807, 2.05) is 6.92 Å². The lowest BCUT2D eigenvalue weighted by Gasteiger charge is -2.31. The summed E-state index contributed by atoms with van der Waals surface area (Å²) in [6.07, 6.45) is 5.49. The van der Waals surface area contributed by atoms with E-state index in [4.69, 9.17) is 4.74 Å². The van der Waals surface area contributed by atoms with E-state index in [0.717, 1.165) is 17.4 Å². The number of ether oxygens (including phenoxy) is 1. The summed E-state index contributed by atoms with van der Waals surface area (Å²) >= 11 is 1.29. The minimum atomic E-state index is -1.40. The highest BCUT2D eigenvalue weighted by Gasteiger charge is 2.39. The molecule has 0 radical (unpaired) electrons. The van der Waals surface area contributed by atoms with E-state index in [-0.39, 0.29) is 18.9 Å². The molecule has 1 aliphatic heterocycles. The average Bonchev–Trinajstić information content (AvgIpc) is 3.65. The highest BCUT2D eigenvalue weighted by Crippen LogP contribution is 2.32. The standard InChI is InChI=1S/C27H30FN5O4S/c1-17-21-22(34)33(27(2,3)25(35)30-12-5-6-13-30)26(36)31(24(21)38-23(17)32-14-7-11-29-32)15-10-18-16-19(28)8-9-20(18)37-4/h7-9,11,14,16H,5-6,10,12-13,15H2,1-4H3. The van der Waals surface area contributed by atoms with E-state index in [2.05, 4.69) is 5.10 Å². The Bertz CT molecular complexity index is 1630. The highest BCUT2D eigenvalue weighted by molar-refractivity contribution is 7.21. The van der Waals surface area contributed by atoms with Crippen molar-refractivity contribution in [1.82, 2.24) is 23.8 Å². The van der Waals surface area contributed by atoms with E-state index in [0.29, 0.717) is 45.2 Å². The number of thiophene rings is 1. The molecular formula is C27H30FN5O4S. The van der Waals surface area contributed by atoms with E-state index in [9.17, 15) is 18.8 Å². The molecule has 0 spiro atoms. The van der Waals surface area contributed by atoms with Gasteiger partial charge in [0.05, 0.1) is 12.5 Å². The van der Waals surface area contributed by atoms with Crippen LogP contribution in [0.2, 0.25) is 0 Å². The van der Waals surface area contributed by atoms with Gasteiger partial charge in [0, 0.05) is 37.6 Å². The number of amides is 1. The van der Waals surface area contributed by atoms with Crippen molar-refractivity contribution in [2.75, 3.05) is 20.2 Å². The first-order chi connectivity index (χ1) is 18.1. The Morgan fingerprint density at radius 3 is 2.61 bits per heavy atom. The van der Waals surface area contributed by atoms with Crippen molar-refractivity contribution in [3.05, 3.63) is 74.4 Å². The number of aromatic nitrogens is 4. The van der Waals surface area contributed by atoms with E-state index in [1.165, 1.54) is 35.1 Å². The van der Waals surface area contributed by atoms with Gasteiger partial charge in [0.25, 0.3) is 5.56 Å². The van der Waals surface area contributed by atoms with Crippen molar-refractivity contribution in [3.63, 3.8) is 0 Å². The molecule has 3 aromatic heterocycles. The average molecular weight is 540 g/mol. The second-order valence-corrected chi connectivity index (χ2v) is 11.0. The van der Waals surface area contributed by atoms with Crippen LogP contribution >= 0.6 is 11.3 Å². The fourth-order valence-corrected chi connectivity index (χ4v) is 6.47. The fraction of sp³-hybridized carbons (Fsp3) is 0.407. The number of hydrogen-bond donors (Lipinski definition) is 0. The molecule has 1 aromatic carbocycles. The molecular weight excluding hydrogens is 509 g/mol. The van der Waals surface area contributed by atoms with Crippen LogP contribution in [0.4, 0.5) is 4.39 Å². The predicted octanol–water partition coefficient (Wildman–Crippen LogP) is 3.47. The van der Waals surface area contributed by atoms with Crippen LogP contribution in [0.25, 0.3) is 15.2 Å². The number of hydrogen-bond acceptors (Lipinski definition) is 6. The number of fused-ring (bicyclic) bond motifs is 1. The van der Waals surface area contributed by atoms with Gasteiger partial charge in [-0.05, 0) is 69.9 Å². The number of aryl methyl sites for hydroxylation is 3. The number of benzene rings is 1. The number of carbonyl (C=O) groups is 1. The maximum absolute atomic E-state index is 14.1. The number of nitrogens with zero attached hydrogens (tertiary/aromatic N) is 5. The lowest BCUT2D eigenvalue weighted by atomic mass is 10.0. The maximum Gasteiger partial charge on any atom is 0.333 e. The Morgan fingerprint density at radius 2 is 1.95 bits per heavy atom. The fourth-order valence-electron chi connectivity index (χ4n) is 5.21. The van der Waals surface area contributed by atoms with Crippen LogP contribution in [0.1, 0.15) is 37.8 Å². The molecule has 0 N–H and O–H groups in total. The molecule has 5 rings (SSSR count). The Balaban J connectivity index is 1.72. The van der Waals surface area contributed by atoms with Gasteiger partial charge in [-0.25, -0.2) is 18.4 Å². The Morgan fingerprint density at radius 1 is 1.21 bits per heavy atom. The third-order valence-corrected chi connectivity index (χ3v) is 8.53. The summed E-state index contributed by atoms with van der Waals surface area (Å²) in [5.41, 5.74) is -1.21. The third kappa shape index (κ3) is 4.24. The lowest BCUT2D eigenvalue weighted by molar-refractivity contribution is -0.138. The first kappa shape index (κ1) is 25.9. The van der Waals surface area contributed by atoms with Crippen molar-refractivity contribution in [3.8, 4) is 10.8 Å². The van der Waals surface area contributed by atoms with Gasteiger partial charge in [0.2, 0.25) is 5.91 Å². The molecule has 38 heavy (non-hydrogen) atoms. The smallest absolute Gasteiger partial charge is 0.333 e. The van der Waals surface area contributed by atoms with Crippen molar-refractivity contribution in [2.24, 2.45) is 0 Å². The van der Waals surface area contributed by atoms with Crippen LogP contribution < -0.4 is 16.0 Å². The highest BCUT2D eigenvalue weighted by atomic mass is 32.1. The summed E-state index contributed by atoms with van der Waals surface area (Å²) in [6.45, 7) is 6.43. The first-order valence-corrected chi connectivity index (χ1v) is 13.4. The van der Waals surface area contributed by atoms with Gasteiger partial charge in [0.1, 0.15) is 26.9 Å². The van der Waals surface area contributed by atoms with Crippen LogP contribution in [0.5, 0.6) is 5.75 Å². The van der Waals surface area contributed by atoms with Gasteiger partial charge in [-0.1, -0.05) is 11.3 Å². The van der Waals surface area contributed by atoms with Crippen LogP contribution in [0, 0.1) is 12.7 Å². The van der Waals surface area contributed by atoms with E-state index in [1.54, 1.807) is 48.0 Å². The first-order valence-electron chi connectivity index (χ1n) is 12.6. The summed E-state index contributed by atoms with van der Waals surface area (Å²) in [6, 6.07) is 6.03. The second kappa shape index (κ2) is 9.86. The molecule has 0 bridgehead atoms. The van der Waals surface area contributed by atoms with Crippen molar-refractivity contribution >= 4 is 27.5 Å². The van der Waals surface area contributed by atoms with Gasteiger partial charge >= 0.3 is 5.69 Å². The number of halogens is 1. The Hall–Kier alpha value is -3.73. The van der Waals surface area contributed by atoms with Crippen LogP contribution in [0.15, 0.2) is 46.2 Å². The largest absolute Gasteiger partial charge is 0.496 e. The molecule has 200 valence electrons. The molecule has 9 nitrogen and oxygen atoms in total. The van der Waals surface area contributed by atoms with Crippen LogP contribution in [-0.4, -0.2) is 49.9 Å². The zero-order chi connectivity index (χ0) is 27.2. The van der Waals surface area contributed by atoms with Crippen LogP contribution in [0.3, 0.4) is 0 Å². The zero-order valence-corrected chi connectivity index (χ0v) is 22.7. The van der Waals surface area contributed by atoms with Gasteiger partial charge in [-0.2, -0.15) is 5.10 Å². The molecule has 1 amide bonds. The summed E-state index contributed by atoms with van der Waals surface area (Å²) < 4.78 is 23.7. The van der Waals surface area contributed by atoms with Gasteiger partial charge in [-0.3, -0.25) is 14.2 Å². The minimum Gasteiger partial charge on any atom is -0.496 e. The maximum atomic E-state index is 14.1. The molecule has 4 heterocycles. The molecule has 0 atom stereocenters. The van der Waals surface area contributed by atoms with Crippen LogP contribution in [-0.2, 0) is 23.3 Å². The summed E-state index contributed by atoms with van der Waals surface area (Å²) in [5.74, 6) is -0.159. The van der Waals surface area contributed by atoms with Gasteiger partial charge < -0.3 is 9.64 Å². The predicted molar refractivity (Wildman–Crippen MR) is 144 cm³/mol. The Labute approximate surface area is 222 Å². The Kier molecular flexibility index (Phi) is 6.72. The van der Waals surface area contributed by atoms with Crippen molar-refractivity contribution in [1.29, 1.82) is 0 Å². The number of rotatable bonds is 7. The lowest BCUT2D eigenvalue weighted by Crippen LogP contribution is -2.56. The summed E-state index contributed by atoms with van der Waals surface area (Å²) in [5, 5.41) is 5.39. The molecule has 0 aliphatic carbocycles. The topological polar surface area (TPSA) is 91.4 Å². The monoisotopic (exact) mass is 539 g/mol. The number of methoxy groups -OCH3 is 1. The minimum absolute atomic E-state index is 0.155. The van der Waals surface area contributed by atoms with Crippen molar-refractivity contribution in [2.45, 2.75) is 52.1 Å². The zero-order valence-electron chi connectivity index (χ0n) is 21.9. The third-order valence-electron chi connectivity index (χ3n) is 7.22. The van der Waals surface area contributed by atoms with Gasteiger partial charge in [0.15, 0.2) is 0 Å². The SMILES string of the molecule is COc1ccc(F)cc1CCn1c(=O)n(C(C)(C)C(=O)N2CCCC2)c(=O)c2c(C)c(-n3cccn3)sc21. The van der Waals surface area contributed by atoms with E-state index >= 15 is 0 Å². The number of likely N-dealkylation sites (tertiary alicyclic amines) is 1. The molecule has 1 aliphatic rings. The molecule has 0 saturated carbocycles. The molecule has 1 fully saturated rings. The van der Waals surface area contributed by atoms with E-state index < -0.39 is 22.6 Å². The molecule has 0 unspecified atom stereocenters. The molecule has 11 heteroatoms. The summed E-state index contributed by atoms with van der Waals surface area (Å²) in [4.78, 5) is 43.8. The number of carbonyl (C=O) groups excluding carboxylic acids is 1. The summed E-state index contributed by atoms with van der Waals surface area (Å²) in [7, 11) is 1.51. The van der Waals surface area contributed by atoms with Gasteiger partial charge in [-0.15, -0.1) is 0 Å². The molecule has 1 saturated heterocycles. The second-order valence-electron chi connectivity index (χ2n) is 10.0. The normalized spacial score (nSPS) is 14.0. The van der Waals surface area contributed by atoms with Crippen molar-refractivity contribution < 1.29 is 13.9 Å².